The summed E-state index contributed by atoms with van der Waals surface area (Å²) in [6.45, 7) is 2.00. The Morgan fingerprint density at radius 3 is 2.53 bits per heavy atom. The van der Waals surface area contributed by atoms with Crippen LogP contribution in [0.15, 0.2) is 72.2 Å². The van der Waals surface area contributed by atoms with Crippen molar-refractivity contribution in [1.82, 2.24) is 15.2 Å². The molecule has 1 aliphatic rings. The number of carbonyl (C=O) groups excluding carboxylic acids is 2. The van der Waals surface area contributed by atoms with Crippen LogP contribution in [0.2, 0.25) is 0 Å². The van der Waals surface area contributed by atoms with Crippen LogP contribution in [0.1, 0.15) is 15.2 Å². The minimum atomic E-state index is -0.700. The second-order valence-corrected chi connectivity index (χ2v) is 9.28. The van der Waals surface area contributed by atoms with E-state index in [9.17, 15) is 14.0 Å². The van der Waals surface area contributed by atoms with Gasteiger partial charge in [0.25, 0.3) is 5.91 Å². The zero-order valence-corrected chi connectivity index (χ0v) is 19.4. The first-order valence-corrected chi connectivity index (χ1v) is 12.2. The van der Waals surface area contributed by atoms with Crippen LogP contribution in [0.3, 0.4) is 0 Å². The number of fused-ring (bicyclic) bond motifs is 1. The molecule has 8 heteroatoms. The van der Waals surface area contributed by atoms with Gasteiger partial charge in [-0.2, -0.15) is 0 Å². The Balaban J connectivity index is 1.33. The molecule has 2 aromatic heterocycles. The van der Waals surface area contributed by atoms with Crippen molar-refractivity contribution in [2.45, 2.75) is 12.5 Å². The topological polar surface area (TPSA) is 68.4 Å². The van der Waals surface area contributed by atoms with Crippen molar-refractivity contribution in [3.63, 3.8) is 0 Å². The molecular formula is C26H25FN4O2S. The number of rotatable bonds is 6. The van der Waals surface area contributed by atoms with Gasteiger partial charge in [0.2, 0.25) is 5.91 Å². The minimum absolute atomic E-state index is 0.122. The third-order valence-electron chi connectivity index (χ3n) is 6.23. The maximum atomic E-state index is 14.2. The van der Waals surface area contributed by atoms with Crippen molar-refractivity contribution >= 4 is 39.7 Å². The number of nitrogens with one attached hydrogen (secondary N) is 2. The summed E-state index contributed by atoms with van der Waals surface area (Å²) < 4.78 is 14.2. The van der Waals surface area contributed by atoms with E-state index in [0.717, 1.165) is 16.5 Å². The van der Waals surface area contributed by atoms with Crippen molar-refractivity contribution in [3.8, 4) is 0 Å². The molecule has 1 aliphatic heterocycles. The van der Waals surface area contributed by atoms with E-state index in [1.165, 1.54) is 17.4 Å². The fraction of sp³-hybridized carbons (Fsp3) is 0.231. The normalized spacial score (nSPS) is 14.9. The van der Waals surface area contributed by atoms with Crippen LogP contribution in [-0.4, -0.2) is 53.9 Å². The molecule has 1 saturated heterocycles. The maximum Gasteiger partial charge on any atom is 0.262 e. The molecule has 2 N–H and O–H groups in total. The monoisotopic (exact) mass is 476 g/mol. The fourth-order valence-electron chi connectivity index (χ4n) is 4.45. The SMILES string of the molecule is O=C(NC(Cc1c[nH]c2ccccc12)C(=O)N1CCN(c2ccccc2F)CC1)c1cccs1. The molecule has 6 nitrogen and oxygen atoms in total. The lowest BCUT2D eigenvalue weighted by atomic mass is 10.0. The Morgan fingerprint density at radius 1 is 1.00 bits per heavy atom. The number of aromatic nitrogens is 1. The second kappa shape index (κ2) is 9.69. The highest BCUT2D eigenvalue weighted by molar-refractivity contribution is 7.12. The van der Waals surface area contributed by atoms with E-state index >= 15 is 0 Å². The summed E-state index contributed by atoms with van der Waals surface area (Å²) in [7, 11) is 0. The first kappa shape index (κ1) is 22.2. The molecule has 1 atom stereocenters. The van der Waals surface area contributed by atoms with E-state index in [2.05, 4.69) is 10.3 Å². The summed E-state index contributed by atoms with van der Waals surface area (Å²) in [6.07, 6.45) is 2.28. The first-order valence-electron chi connectivity index (χ1n) is 11.3. The van der Waals surface area contributed by atoms with Gasteiger partial charge in [-0.05, 0) is 35.2 Å². The number of carbonyl (C=O) groups is 2. The molecule has 5 rings (SSSR count). The molecule has 0 bridgehead atoms. The van der Waals surface area contributed by atoms with Gasteiger partial charge in [0.1, 0.15) is 11.9 Å². The average molecular weight is 477 g/mol. The summed E-state index contributed by atoms with van der Waals surface area (Å²) in [5.74, 6) is -0.635. The van der Waals surface area contributed by atoms with Crippen LogP contribution < -0.4 is 10.2 Å². The maximum absolute atomic E-state index is 14.2. The van der Waals surface area contributed by atoms with Gasteiger partial charge in [-0.1, -0.05) is 36.4 Å². The third kappa shape index (κ3) is 4.54. The van der Waals surface area contributed by atoms with Gasteiger partial charge in [-0.3, -0.25) is 9.59 Å². The number of piperazine rings is 1. The van der Waals surface area contributed by atoms with Crippen LogP contribution >= 0.6 is 11.3 Å². The molecular weight excluding hydrogens is 451 g/mol. The van der Waals surface area contributed by atoms with Crippen molar-refractivity contribution in [2.24, 2.45) is 0 Å². The predicted octanol–water partition coefficient (Wildman–Crippen LogP) is 4.06. The molecule has 3 heterocycles. The van der Waals surface area contributed by atoms with Crippen LogP contribution in [-0.2, 0) is 11.2 Å². The Kier molecular flexibility index (Phi) is 6.31. The second-order valence-electron chi connectivity index (χ2n) is 8.33. The molecule has 34 heavy (non-hydrogen) atoms. The molecule has 0 spiro atoms. The minimum Gasteiger partial charge on any atom is -0.366 e. The Bertz CT molecular complexity index is 1300. The summed E-state index contributed by atoms with van der Waals surface area (Å²) >= 11 is 1.34. The average Bonchev–Trinajstić information content (AvgIpc) is 3.55. The lowest BCUT2D eigenvalue weighted by Gasteiger charge is -2.37. The Labute approximate surface area is 201 Å². The van der Waals surface area contributed by atoms with Gasteiger partial charge in [0, 0.05) is 49.7 Å². The number of nitrogens with zero attached hydrogens (tertiary/aromatic N) is 2. The van der Waals surface area contributed by atoms with Crippen LogP contribution in [0, 0.1) is 5.82 Å². The molecule has 174 valence electrons. The molecule has 2 aromatic carbocycles. The number of benzene rings is 2. The predicted molar refractivity (Wildman–Crippen MR) is 133 cm³/mol. The summed E-state index contributed by atoms with van der Waals surface area (Å²) in [5, 5.41) is 5.84. The molecule has 0 radical (unpaired) electrons. The van der Waals surface area contributed by atoms with E-state index in [1.807, 2.05) is 52.9 Å². The summed E-state index contributed by atoms with van der Waals surface area (Å²) in [4.78, 5) is 34.0. The van der Waals surface area contributed by atoms with Gasteiger partial charge in [0.05, 0.1) is 10.6 Å². The van der Waals surface area contributed by atoms with Gasteiger partial charge in [-0.15, -0.1) is 11.3 Å². The largest absolute Gasteiger partial charge is 0.366 e. The van der Waals surface area contributed by atoms with Crippen molar-refractivity contribution in [2.75, 3.05) is 31.1 Å². The van der Waals surface area contributed by atoms with Crippen LogP contribution in [0.25, 0.3) is 10.9 Å². The van der Waals surface area contributed by atoms with E-state index in [0.29, 0.717) is 43.2 Å². The number of hydrogen-bond acceptors (Lipinski definition) is 4. The molecule has 1 unspecified atom stereocenters. The van der Waals surface area contributed by atoms with Crippen LogP contribution in [0.5, 0.6) is 0 Å². The summed E-state index contributed by atoms with van der Waals surface area (Å²) in [6, 6.07) is 17.5. The van der Waals surface area contributed by atoms with Crippen molar-refractivity contribution < 1.29 is 14.0 Å². The number of hydrogen-bond donors (Lipinski definition) is 2. The van der Waals surface area contributed by atoms with Crippen LogP contribution in [0.4, 0.5) is 10.1 Å². The third-order valence-corrected chi connectivity index (χ3v) is 7.10. The number of thiophene rings is 1. The number of aromatic amines is 1. The number of halogens is 1. The Hall–Kier alpha value is -3.65. The molecule has 4 aromatic rings. The molecule has 2 amide bonds. The lowest BCUT2D eigenvalue weighted by Crippen LogP contribution is -2.55. The fourth-order valence-corrected chi connectivity index (χ4v) is 5.08. The standard InChI is InChI=1S/C26H25FN4O2S/c27-20-7-2-4-9-23(20)30-11-13-31(14-12-30)26(33)22(29-25(32)24-10-5-15-34-24)16-18-17-28-21-8-3-1-6-19(18)21/h1-10,15,17,22,28H,11-14,16H2,(H,29,32). The number of amides is 2. The summed E-state index contributed by atoms with van der Waals surface area (Å²) in [5.41, 5.74) is 2.52. The van der Waals surface area contributed by atoms with E-state index in [-0.39, 0.29) is 17.6 Å². The van der Waals surface area contributed by atoms with E-state index in [4.69, 9.17) is 0 Å². The lowest BCUT2D eigenvalue weighted by molar-refractivity contribution is -0.133. The van der Waals surface area contributed by atoms with E-state index in [1.54, 1.807) is 23.1 Å². The quantitative estimate of drug-likeness (QED) is 0.441. The van der Waals surface area contributed by atoms with Crippen molar-refractivity contribution in [1.29, 1.82) is 0 Å². The number of para-hydroxylation sites is 2. The zero-order valence-electron chi connectivity index (χ0n) is 18.5. The van der Waals surface area contributed by atoms with Crippen molar-refractivity contribution in [3.05, 3.63) is 88.5 Å². The smallest absolute Gasteiger partial charge is 0.262 e. The van der Waals surface area contributed by atoms with Gasteiger partial charge in [0.15, 0.2) is 0 Å². The van der Waals surface area contributed by atoms with Gasteiger partial charge in [-0.25, -0.2) is 4.39 Å². The van der Waals surface area contributed by atoms with Gasteiger partial charge >= 0.3 is 0 Å². The number of anilines is 1. The van der Waals surface area contributed by atoms with Gasteiger partial charge < -0.3 is 20.1 Å². The molecule has 0 aliphatic carbocycles. The van der Waals surface area contributed by atoms with E-state index < -0.39 is 6.04 Å². The first-order chi connectivity index (χ1) is 16.6. The zero-order chi connectivity index (χ0) is 23.5. The highest BCUT2D eigenvalue weighted by atomic mass is 32.1. The Morgan fingerprint density at radius 2 is 1.76 bits per heavy atom. The highest BCUT2D eigenvalue weighted by Crippen LogP contribution is 2.22. The molecule has 1 fully saturated rings. The molecule has 0 saturated carbocycles. The highest BCUT2D eigenvalue weighted by Gasteiger charge is 2.30. The number of H-pyrrole nitrogens is 1.